The highest BCUT2D eigenvalue weighted by Gasteiger charge is 2.38. The van der Waals surface area contributed by atoms with E-state index in [1.807, 2.05) is 6.07 Å². The van der Waals surface area contributed by atoms with Crippen molar-refractivity contribution in [2.75, 3.05) is 18.9 Å². The van der Waals surface area contributed by atoms with Gasteiger partial charge in [-0.15, -0.1) is 0 Å². The molecule has 0 amide bonds. The van der Waals surface area contributed by atoms with Crippen molar-refractivity contribution in [3.63, 3.8) is 0 Å². The smallest absolute Gasteiger partial charge is 0.217 e. The van der Waals surface area contributed by atoms with Crippen molar-refractivity contribution in [2.24, 2.45) is 0 Å². The quantitative estimate of drug-likeness (QED) is 0.848. The molecule has 3 rings (SSSR count). The van der Waals surface area contributed by atoms with Gasteiger partial charge in [0.2, 0.25) is 10.0 Å². The summed E-state index contributed by atoms with van der Waals surface area (Å²) in [5, 5.41) is 0. The molecule has 6 heteroatoms. The second kappa shape index (κ2) is 5.26. The van der Waals surface area contributed by atoms with Gasteiger partial charge in [-0.3, -0.25) is 0 Å². The molecular weight excluding hydrogens is 266 g/mol. The van der Waals surface area contributed by atoms with E-state index in [9.17, 15) is 8.42 Å². The first kappa shape index (κ1) is 13.1. The molecule has 1 aromatic heterocycles. The summed E-state index contributed by atoms with van der Waals surface area (Å²) in [5.74, 6) is 0.845. The maximum Gasteiger partial charge on any atom is 0.217 e. The van der Waals surface area contributed by atoms with Crippen LogP contribution < -0.4 is 0 Å². The molecule has 1 aromatic rings. The average Bonchev–Trinajstić information content (AvgIpc) is 3.11. The average molecular weight is 285 g/mol. The molecule has 0 radical (unpaired) electrons. The highest BCUT2D eigenvalue weighted by Crippen LogP contribution is 2.35. The molecule has 2 fully saturated rings. The number of sulfonamides is 1. The maximum absolute atomic E-state index is 12.5. The molecule has 2 aliphatic heterocycles. The maximum atomic E-state index is 12.5. The Kier molecular flexibility index (Phi) is 3.64. The van der Waals surface area contributed by atoms with Gasteiger partial charge >= 0.3 is 0 Å². The molecule has 2 saturated heterocycles. The fourth-order valence-electron chi connectivity index (χ4n) is 2.94. The minimum atomic E-state index is -3.27. The Morgan fingerprint density at radius 1 is 1.32 bits per heavy atom. The number of nitrogens with zero attached hydrogens (tertiary/aromatic N) is 1. The Balaban J connectivity index is 1.75. The molecule has 2 aliphatic rings. The molecular formula is C13H19NO4S. The van der Waals surface area contributed by atoms with Gasteiger partial charge in [0, 0.05) is 13.2 Å². The van der Waals surface area contributed by atoms with Crippen molar-refractivity contribution in [3.05, 3.63) is 24.2 Å². The topological polar surface area (TPSA) is 59.8 Å². The van der Waals surface area contributed by atoms with Gasteiger partial charge in [0.15, 0.2) is 0 Å². The van der Waals surface area contributed by atoms with E-state index in [4.69, 9.17) is 9.15 Å². The minimum absolute atomic E-state index is 0.101. The summed E-state index contributed by atoms with van der Waals surface area (Å²) in [4.78, 5) is 0. The van der Waals surface area contributed by atoms with Crippen LogP contribution in [0.4, 0.5) is 0 Å². The number of furan rings is 1. The summed E-state index contributed by atoms with van der Waals surface area (Å²) in [5.41, 5.74) is 0. The van der Waals surface area contributed by atoms with E-state index in [1.54, 1.807) is 16.6 Å². The third-order valence-corrected chi connectivity index (χ3v) is 5.80. The van der Waals surface area contributed by atoms with Crippen LogP contribution >= 0.6 is 0 Å². The summed E-state index contributed by atoms with van der Waals surface area (Å²) in [6.07, 6.45) is 4.98. The first-order valence-corrected chi connectivity index (χ1v) is 8.42. The number of hydrogen-bond donors (Lipinski definition) is 0. The summed E-state index contributed by atoms with van der Waals surface area (Å²) in [7, 11) is -3.27. The van der Waals surface area contributed by atoms with E-state index in [0.29, 0.717) is 13.2 Å². The molecule has 0 aliphatic carbocycles. The molecule has 0 N–H and O–H groups in total. The number of hydrogen-bond acceptors (Lipinski definition) is 4. The first-order valence-electron chi connectivity index (χ1n) is 6.81. The molecule has 3 heterocycles. The van der Waals surface area contributed by atoms with Crippen LogP contribution in [0.1, 0.15) is 37.5 Å². The lowest BCUT2D eigenvalue weighted by atomic mass is 10.2. The second-order valence-corrected chi connectivity index (χ2v) is 7.16. The third kappa shape index (κ3) is 2.70. The van der Waals surface area contributed by atoms with Crippen LogP contribution in [-0.2, 0) is 14.8 Å². The van der Waals surface area contributed by atoms with Crippen molar-refractivity contribution in [1.29, 1.82) is 0 Å². The zero-order valence-electron chi connectivity index (χ0n) is 10.8. The second-order valence-electron chi connectivity index (χ2n) is 5.20. The molecule has 2 atom stereocenters. The van der Waals surface area contributed by atoms with Crippen LogP contribution in [0.3, 0.4) is 0 Å². The Morgan fingerprint density at radius 2 is 2.21 bits per heavy atom. The van der Waals surface area contributed by atoms with E-state index in [1.165, 1.54) is 0 Å². The third-order valence-electron chi connectivity index (χ3n) is 3.85. The highest BCUT2D eigenvalue weighted by atomic mass is 32.2. The van der Waals surface area contributed by atoms with E-state index in [2.05, 4.69) is 0 Å². The summed E-state index contributed by atoms with van der Waals surface area (Å²) >= 11 is 0. The minimum Gasteiger partial charge on any atom is -0.468 e. The van der Waals surface area contributed by atoms with Gasteiger partial charge in [-0.2, -0.15) is 4.31 Å². The Hall–Kier alpha value is -0.850. The van der Waals surface area contributed by atoms with Gasteiger partial charge < -0.3 is 9.15 Å². The predicted molar refractivity (Wildman–Crippen MR) is 70.1 cm³/mol. The van der Waals surface area contributed by atoms with Crippen LogP contribution in [0.2, 0.25) is 0 Å². The van der Waals surface area contributed by atoms with Crippen LogP contribution in [0, 0.1) is 0 Å². The monoisotopic (exact) mass is 285 g/mol. The van der Waals surface area contributed by atoms with Gasteiger partial charge in [0.1, 0.15) is 5.76 Å². The zero-order chi connectivity index (χ0) is 13.3. The zero-order valence-corrected chi connectivity index (χ0v) is 11.6. The van der Waals surface area contributed by atoms with Crippen molar-refractivity contribution in [3.8, 4) is 0 Å². The lowest BCUT2D eigenvalue weighted by Gasteiger charge is -2.24. The highest BCUT2D eigenvalue weighted by molar-refractivity contribution is 7.89. The van der Waals surface area contributed by atoms with Crippen LogP contribution in [0.5, 0.6) is 0 Å². The van der Waals surface area contributed by atoms with Crippen molar-refractivity contribution in [2.45, 2.75) is 37.8 Å². The Morgan fingerprint density at radius 3 is 2.89 bits per heavy atom. The number of rotatable bonds is 4. The van der Waals surface area contributed by atoms with E-state index in [0.717, 1.165) is 31.4 Å². The van der Waals surface area contributed by atoms with Crippen LogP contribution in [0.25, 0.3) is 0 Å². The molecule has 0 spiro atoms. The fraction of sp³-hybridized carbons (Fsp3) is 0.692. The summed E-state index contributed by atoms with van der Waals surface area (Å²) in [6, 6.07) is 3.52. The molecule has 19 heavy (non-hydrogen) atoms. The van der Waals surface area contributed by atoms with Gasteiger partial charge in [0.25, 0.3) is 0 Å². The molecule has 0 saturated carbocycles. The van der Waals surface area contributed by atoms with Gasteiger partial charge in [-0.25, -0.2) is 8.42 Å². The fourth-order valence-corrected chi connectivity index (χ4v) is 4.87. The normalized spacial score (nSPS) is 29.1. The standard InChI is InChI=1S/C13H19NO4S/c15-19(16,10-11-4-2-8-17-11)14-7-1-5-12(14)13-6-3-9-18-13/h3,6,9,11-12H,1-2,4-5,7-8,10H2/t11-,12+/m0/s1. The van der Waals surface area contributed by atoms with Gasteiger partial charge in [0.05, 0.1) is 24.2 Å². The SMILES string of the molecule is O=S(=O)(C[C@@H]1CCCO1)N1CCC[C@@H]1c1ccco1. The van der Waals surface area contributed by atoms with E-state index >= 15 is 0 Å². The first-order chi connectivity index (χ1) is 9.17. The lowest BCUT2D eigenvalue weighted by molar-refractivity contribution is 0.126. The van der Waals surface area contributed by atoms with Gasteiger partial charge in [-0.1, -0.05) is 0 Å². The Labute approximate surface area is 113 Å². The lowest BCUT2D eigenvalue weighted by Crippen LogP contribution is -2.36. The molecule has 0 bridgehead atoms. The predicted octanol–water partition coefficient (Wildman–Crippen LogP) is 1.93. The number of ether oxygens (including phenoxy) is 1. The van der Waals surface area contributed by atoms with Crippen molar-refractivity contribution >= 4 is 10.0 Å². The Bertz CT molecular complexity index is 505. The van der Waals surface area contributed by atoms with Crippen molar-refractivity contribution < 1.29 is 17.6 Å². The molecule has 5 nitrogen and oxygen atoms in total. The van der Waals surface area contributed by atoms with E-state index < -0.39 is 10.0 Å². The van der Waals surface area contributed by atoms with Crippen LogP contribution in [-0.4, -0.2) is 37.7 Å². The summed E-state index contributed by atoms with van der Waals surface area (Å²) in [6.45, 7) is 1.27. The molecule has 106 valence electrons. The van der Waals surface area contributed by atoms with E-state index in [-0.39, 0.29) is 17.9 Å². The van der Waals surface area contributed by atoms with Gasteiger partial charge in [-0.05, 0) is 37.8 Å². The van der Waals surface area contributed by atoms with Crippen molar-refractivity contribution in [1.82, 2.24) is 4.31 Å². The largest absolute Gasteiger partial charge is 0.468 e. The molecule has 0 unspecified atom stereocenters. The molecule has 0 aromatic carbocycles. The van der Waals surface area contributed by atoms with Crippen LogP contribution in [0.15, 0.2) is 22.8 Å². The summed E-state index contributed by atoms with van der Waals surface area (Å²) < 4.78 is 37.4.